The highest BCUT2D eigenvalue weighted by Gasteiger charge is 2.12. The normalized spacial score (nSPS) is 11.3. The maximum absolute atomic E-state index is 5.04. The molecule has 0 aliphatic carbocycles. The summed E-state index contributed by atoms with van der Waals surface area (Å²) in [6.45, 7) is 7.72. The zero-order valence-electron chi connectivity index (χ0n) is 14.2. The third-order valence-corrected chi connectivity index (χ3v) is 3.39. The van der Waals surface area contributed by atoms with Gasteiger partial charge in [0.05, 0.1) is 13.2 Å². The van der Waals surface area contributed by atoms with Crippen molar-refractivity contribution < 1.29 is 4.74 Å². The van der Waals surface area contributed by atoms with Crippen molar-refractivity contribution in [3.63, 3.8) is 0 Å². The first-order valence-electron chi connectivity index (χ1n) is 7.84. The Kier molecular flexibility index (Phi) is 8.42. The van der Waals surface area contributed by atoms with E-state index in [-0.39, 0.29) is 0 Å². The van der Waals surface area contributed by atoms with E-state index in [1.807, 2.05) is 14.1 Å². The lowest BCUT2D eigenvalue weighted by Gasteiger charge is -2.16. The number of hydrogen-bond donors (Lipinski definition) is 1. The second-order valence-electron chi connectivity index (χ2n) is 5.45. The van der Waals surface area contributed by atoms with Crippen LogP contribution in [0.2, 0.25) is 0 Å². The van der Waals surface area contributed by atoms with Crippen LogP contribution >= 0.6 is 0 Å². The molecule has 21 heavy (non-hydrogen) atoms. The number of nitrogens with one attached hydrogen (secondary N) is 1. The second kappa shape index (κ2) is 9.82. The van der Waals surface area contributed by atoms with Gasteiger partial charge in [0.25, 0.3) is 0 Å². The molecule has 0 atom stereocenters. The van der Waals surface area contributed by atoms with Gasteiger partial charge in [-0.25, -0.2) is 9.97 Å². The molecule has 0 aliphatic rings. The molecule has 0 amide bonds. The molecule has 0 aromatic carbocycles. The Morgan fingerprint density at radius 2 is 1.67 bits per heavy atom. The molecular formula is C16H30N4O. The molecular weight excluding hydrogens is 264 g/mol. The molecule has 0 saturated carbocycles. The van der Waals surface area contributed by atoms with Gasteiger partial charge in [-0.3, -0.25) is 0 Å². The summed E-state index contributed by atoms with van der Waals surface area (Å²) in [5.74, 6) is 0.935. The monoisotopic (exact) mass is 294 g/mol. The number of aryl methyl sites for hydroxylation is 2. The van der Waals surface area contributed by atoms with Crippen molar-refractivity contribution in [1.29, 1.82) is 0 Å². The molecule has 0 saturated heterocycles. The molecule has 1 aromatic heterocycles. The summed E-state index contributed by atoms with van der Waals surface area (Å²) in [6.07, 6.45) is 2.91. The molecule has 120 valence electrons. The van der Waals surface area contributed by atoms with Crippen LogP contribution in [0.3, 0.4) is 0 Å². The average Bonchev–Trinajstić information content (AvgIpc) is 2.46. The molecule has 0 radical (unpaired) electrons. The SMILES string of the molecule is CCc1nc(CN(C)C)nc(CC)c1CCNCCOC. The van der Waals surface area contributed by atoms with Gasteiger partial charge in [0.2, 0.25) is 0 Å². The van der Waals surface area contributed by atoms with Gasteiger partial charge in [0.1, 0.15) is 5.82 Å². The summed E-state index contributed by atoms with van der Waals surface area (Å²) in [5, 5.41) is 3.40. The highest BCUT2D eigenvalue weighted by molar-refractivity contribution is 5.27. The first kappa shape index (κ1) is 18.0. The van der Waals surface area contributed by atoms with Crippen LogP contribution < -0.4 is 5.32 Å². The van der Waals surface area contributed by atoms with Crippen LogP contribution in [0.5, 0.6) is 0 Å². The van der Waals surface area contributed by atoms with E-state index in [1.165, 1.54) is 17.0 Å². The molecule has 0 aliphatic heterocycles. The van der Waals surface area contributed by atoms with E-state index in [9.17, 15) is 0 Å². The first-order chi connectivity index (χ1) is 10.1. The minimum atomic E-state index is 0.750. The Balaban J connectivity index is 2.80. The Bertz CT molecular complexity index is 396. The predicted octanol–water partition coefficient (Wildman–Crippen LogP) is 1.44. The molecule has 0 unspecified atom stereocenters. The fraction of sp³-hybridized carbons (Fsp3) is 0.750. The Labute approximate surface area is 129 Å². The summed E-state index contributed by atoms with van der Waals surface area (Å²) < 4.78 is 5.04. The average molecular weight is 294 g/mol. The number of ether oxygens (including phenoxy) is 1. The molecule has 1 aromatic rings. The second-order valence-corrected chi connectivity index (χ2v) is 5.45. The summed E-state index contributed by atoms with van der Waals surface area (Å²) in [6, 6.07) is 0. The minimum absolute atomic E-state index is 0.750. The highest BCUT2D eigenvalue weighted by Crippen LogP contribution is 2.15. The van der Waals surface area contributed by atoms with E-state index in [0.29, 0.717) is 0 Å². The zero-order chi connectivity index (χ0) is 15.7. The predicted molar refractivity (Wildman–Crippen MR) is 86.6 cm³/mol. The summed E-state index contributed by atoms with van der Waals surface area (Å²) >= 11 is 0. The van der Waals surface area contributed by atoms with Gasteiger partial charge in [-0.2, -0.15) is 0 Å². The van der Waals surface area contributed by atoms with E-state index in [0.717, 1.165) is 51.3 Å². The number of nitrogens with zero attached hydrogens (tertiary/aromatic N) is 3. The van der Waals surface area contributed by atoms with Gasteiger partial charge >= 0.3 is 0 Å². The Morgan fingerprint density at radius 3 is 2.14 bits per heavy atom. The fourth-order valence-electron chi connectivity index (χ4n) is 2.38. The quantitative estimate of drug-likeness (QED) is 0.662. The van der Waals surface area contributed by atoms with E-state index in [4.69, 9.17) is 14.7 Å². The Hall–Kier alpha value is -1.04. The third-order valence-electron chi connectivity index (χ3n) is 3.39. The number of rotatable bonds is 10. The maximum Gasteiger partial charge on any atom is 0.142 e. The van der Waals surface area contributed by atoms with Gasteiger partial charge in [-0.15, -0.1) is 0 Å². The summed E-state index contributed by atoms with van der Waals surface area (Å²) in [7, 11) is 5.83. The summed E-state index contributed by atoms with van der Waals surface area (Å²) in [5.41, 5.74) is 3.73. The number of hydrogen-bond acceptors (Lipinski definition) is 5. The molecule has 1 rings (SSSR count). The van der Waals surface area contributed by atoms with Crippen molar-refractivity contribution in [3.05, 3.63) is 22.8 Å². The fourth-order valence-corrected chi connectivity index (χ4v) is 2.38. The molecule has 1 heterocycles. The van der Waals surface area contributed by atoms with Crippen LogP contribution in [0, 0.1) is 0 Å². The molecule has 0 bridgehead atoms. The minimum Gasteiger partial charge on any atom is -0.383 e. The number of methoxy groups -OCH3 is 1. The largest absolute Gasteiger partial charge is 0.383 e. The van der Waals surface area contributed by atoms with E-state index in [2.05, 4.69) is 24.1 Å². The van der Waals surface area contributed by atoms with Crippen molar-refractivity contribution in [2.24, 2.45) is 0 Å². The first-order valence-corrected chi connectivity index (χ1v) is 7.84. The van der Waals surface area contributed by atoms with Crippen molar-refractivity contribution in [3.8, 4) is 0 Å². The van der Waals surface area contributed by atoms with E-state index >= 15 is 0 Å². The molecule has 0 spiro atoms. The topological polar surface area (TPSA) is 50.3 Å². The number of aromatic nitrogens is 2. The maximum atomic E-state index is 5.04. The lowest BCUT2D eigenvalue weighted by Crippen LogP contribution is -2.23. The van der Waals surface area contributed by atoms with Crippen LogP contribution in [0.4, 0.5) is 0 Å². The van der Waals surface area contributed by atoms with Gasteiger partial charge in [0.15, 0.2) is 0 Å². The van der Waals surface area contributed by atoms with Crippen LogP contribution in [0.25, 0.3) is 0 Å². The van der Waals surface area contributed by atoms with Gasteiger partial charge < -0.3 is 15.0 Å². The van der Waals surface area contributed by atoms with Crippen LogP contribution in [0.15, 0.2) is 0 Å². The van der Waals surface area contributed by atoms with Gasteiger partial charge in [0, 0.05) is 25.0 Å². The standard InChI is InChI=1S/C16H30N4O/c1-6-14-13(8-9-17-10-11-21-5)15(7-2)19-16(18-14)12-20(3)4/h17H,6-12H2,1-5H3. The molecule has 0 fully saturated rings. The van der Waals surface area contributed by atoms with Crippen molar-refractivity contribution in [1.82, 2.24) is 20.2 Å². The van der Waals surface area contributed by atoms with E-state index in [1.54, 1.807) is 7.11 Å². The van der Waals surface area contributed by atoms with Crippen molar-refractivity contribution in [2.75, 3.05) is 40.9 Å². The zero-order valence-corrected chi connectivity index (χ0v) is 14.2. The highest BCUT2D eigenvalue weighted by atomic mass is 16.5. The third kappa shape index (κ3) is 6.08. The van der Waals surface area contributed by atoms with E-state index < -0.39 is 0 Å². The lowest BCUT2D eigenvalue weighted by molar-refractivity contribution is 0.199. The molecule has 5 heteroatoms. The van der Waals surface area contributed by atoms with Crippen molar-refractivity contribution >= 4 is 0 Å². The molecule has 1 N–H and O–H groups in total. The van der Waals surface area contributed by atoms with Gasteiger partial charge in [-0.1, -0.05) is 13.8 Å². The van der Waals surface area contributed by atoms with Gasteiger partial charge in [-0.05, 0) is 45.5 Å². The van der Waals surface area contributed by atoms with Crippen molar-refractivity contribution in [2.45, 2.75) is 39.7 Å². The van der Waals surface area contributed by atoms with Crippen LogP contribution in [0.1, 0.15) is 36.6 Å². The smallest absolute Gasteiger partial charge is 0.142 e. The molecule has 5 nitrogen and oxygen atoms in total. The lowest BCUT2D eigenvalue weighted by atomic mass is 10.0. The van der Waals surface area contributed by atoms with Crippen LogP contribution in [-0.4, -0.2) is 55.8 Å². The Morgan fingerprint density at radius 1 is 1.05 bits per heavy atom. The summed E-state index contributed by atoms with van der Waals surface area (Å²) in [4.78, 5) is 11.6. The van der Waals surface area contributed by atoms with Crippen LogP contribution in [-0.2, 0) is 30.5 Å².